The smallest absolute Gasteiger partial charge is 0.268 e. The topological polar surface area (TPSA) is 103 Å². The van der Waals surface area contributed by atoms with Gasteiger partial charge in [0.15, 0.2) is 0 Å². The lowest BCUT2D eigenvalue weighted by molar-refractivity contribution is 0.0270. The SMILES string of the molecule is CCn1cc(S(N)(=O)=O)cc1C(=O)NC1(C)CCCOC1. The summed E-state index contributed by atoms with van der Waals surface area (Å²) in [5.74, 6) is -0.320. The molecule has 21 heavy (non-hydrogen) atoms. The van der Waals surface area contributed by atoms with Gasteiger partial charge in [-0.3, -0.25) is 4.79 Å². The Morgan fingerprint density at radius 2 is 2.29 bits per heavy atom. The highest BCUT2D eigenvalue weighted by molar-refractivity contribution is 7.89. The van der Waals surface area contributed by atoms with Gasteiger partial charge in [-0.2, -0.15) is 0 Å². The van der Waals surface area contributed by atoms with Crippen LogP contribution in [0.5, 0.6) is 0 Å². The van der Waals surface area contributed by atoms with E-state index < -0.39 is 15.6 Å². The van der Waals surface area contributed by atoms with E-state index >= 15 is 0 Å². The maximum absolute atomic E-state index is 12.4. The lowest BCUT2D eigenvalue weighted by Crippen LogP contribution is -2.51. The number of nitrogens with two attached hydrogens (primary N) is 1. The van der Waals surface area contributed by atoms with Crippen molar-refractivity contribution in [3.8, 4) is 0 Å². The van der Waals surface area contributed by atoms with Crippen LogP contribution in [0.3, 0.4) is 0 Å². The second-order valence-corrected chi connectivity index (χ2v) is 7.12. The molecule has 0 spiro atoms. The first-order valence-corrected chi connectivity index (χ1v) is 8.43. The molecule has 0 radical (unpaired) electrons. The average Bonchev–Trinajstić information content (AvgIpc) is 2.83. The molecule has 118 valence electrons. The third kappa shape index (κ3) is 3.63. The number of ether oxygens (including phenoxy) is 1. The van der Waals surface area contributed by atoms with Crippen molar-refractivity contribution in [1.82, 2.24) is 9.88 Å². The van der Waals surface area contributed by atoms with Crippen LogP contribution in [0.4, 0.5) is 0 Å². The third-order valence-corrected chi connectivity index (χ3v) is 4.51. The number of sulfonamides is 1. The fourth-order valence-electron chi connectivity index (χ4n) is 2.46. The number of hydrogen-bond acceptors (Lipinski definition) is 4. The first-order chi connectivity index (χ1) is 9.75. The van der Waals surface area contributed by atoms with E-state index in [9.17, 15) is 13.2 Å². The van der Waals surface area contributed by atoms with Gasteiger partial charge in [0.05, 0.1) is 12.1 Å². The van der Waals surface area contributed by atoms with Crippen LogP contribution in [0.15, 0.2) is 17.2 Å². The quantitative estimate of drug-likeness (QED) is 0.842. The molecule has 1 aromatic rings. The van der Waals surface area contributed by atoms with Crippen molar-refractivity contribution >= 4 is 15.9 Å². The van der Waals surface area contributed by atoms with Crippen molar-refractivity contribution in [2.75, 3.05) is 13.2 Å². The van der Waals surface area contributed by atoms with Gasteiger partial charge in [0.2, 0.25) is 10.0 Å². The molecule has 0 saturated carbocycles. The van der Waals surface area contributed by atoms with Gasteiger partial charge in [0.25, 0.3) is 5.91 Å². The van der Waals surface area contributed by atoms with Crippen LogP contribution in [0, 0.1) is 0 Å². The number of primary sulfonamides is 1. The predicted octanol–water partition coefficient (Wildman–Crippen LogP) is 0.454. The number of nitrogens with one attached hydrogen (secondary N) is 1. The number of amides is 1. The largest absolute Gasteiger partial charge is 0.379 e. The van der Waals surface area contributed by atoms with E-state index in [1.54, 1.807) is 4.57 Å². The van der Waals surface area contributed by atoms with E-state index in [0.29, 0.717) is 19.8 Å². The summed E-state index contributed by atoms with van der Waals surface area (Å²) in [4.78, 5) is 12.4. The molecule has 2 rings (SSSR count). The molecule has 1 fully saturated rings. The minimum atomic E-state index is -3.82. The summed E-state index contributed by atoms with van der Waals surface area (Å²) in [6.45, 7) is 5.38. The molecule has 8 heteroatoms. The normalized spacial score (nSPS) is 23.0. The van der Waals surface area contributed by atoms with Gasteiger partial charge >= 0.3 is 0 Å². The van der Waals surface area contributed by atoms with Gasteiger partial charge < -0.3 is 14.6 Å². The molecule has 1 aliphatic rings. The van der Waals surface area contributed by atoms with Gasteiger partial charge in [0, 0.05) is 19.3 Å². The van der Waals surface area contributed by atoms with Crippen LogP contribution in [0.1, 0.15) is 37.2 Å². The Bertz CT molecular complexity index is 630. The van der Waals surface area contributed by atoms with Gasteiger partial charge in [-0.15, -0.1) is 0 Å². The molecule has 7 nitrogen and oxygen atoms in total. The van der Waals surface area contributed by atoms with Crippen LogP contribution < -0.4 is 10.5 Å². The van der Waals surface area contributed by atoms with Crippen molar-refractivity contribution < 1.29 is 17.9 Å². The number of carbonyl (C=O) groups excluding carboxylic acids is 1. The van der Waals surface area contributed by atoms with Gasteiger partial charge in [0.1, 0.15) is 10.6 Å². The fourth-order valence-corrected chi connectivity index (χ4v) is 3.01. The summed E-state index contributed by atoms with van der Waals surface area (Å²) >= 11 is 0. The molecule has 1 aliphatic heterocycles. The zero-order valence-electron chi connectivity index (χ0n) is 12.3. The van der Waals surface area contributed by atoms with Crippen molar-refractivity contribution in [2.24, 2.45) is 5.14 Å². The van der Waals surface area contributed by atoms with Gasteiger partial charge in [-0.05, 0) is 32.8 Å². The molecule has 1 aromatic heterocycles. The van der Waals surface area contributed by atoms with Gasteiger partial charge in [-0.1, -0.05) is 0 Å². The van der Waals surface area contributed by atoms with E-state index in [1.807, 2.05) is 13.8 Å². The number of hydrogen-bond donors (Lipinski definition) is 2. The van der Waals surface area contributed by atoms with E-state index in [0.717, 1.165) is 12.8 Å². The molecular formula is C13H21N3O4S. The fraction of sp³-hybridized carbons (Fsp3) is 0.615. The van der Waals surface area contributed by atoms with Crippen LogP contribution in [0.2, 0.25) is 0 Å². The molecular weight excluding hydrogens is 294 g/mol. The maximum atomic E-state index is 12.4. The number of aryl methyl sites for hydroxylation is 1. The number of carbonyl (C=O) groups is 1. The Hall–Kier alpha value is -1.38. The molecule has 0 bridgehead atoms. The number of aromatic nitrogens is 1. The molecule has 1 unspecified atom stereocenters. The third-order valence-electron chi connectivity index (χ3n) is 3.63. The molecule has 2 heterocycles. The standard InChI is InChI=1S/C13H21N3O4S/c1-3-16-8-10(21(14,18)19)7-11(16)12(17)15-13(2)5-4-6-20-9-13/h7-8H,3-6,9H2,1-2H3,(H,15,17)(H2,14,18,19). The zero-order valence-corrected chi connectivity index (χ0v) is 13.1. The van der Waals surface area contributed by atoms with Crippen molar-refractivity contribution in [1.29, 1.82) is 0 Å². The Balaban J connectivity index is 2.24. The Kier molecular flexibility index (Phi) is 4.40. The Morgan fingerprint density at radius 1 is 1.57 bits per heavy atom. The van der Waals surface area contributed by atoms with E-state index in [1.165, 1.54) is 12.3 Å². The average molecular weight is 315 g/mol. The number of nitrogens with zero attached hydrogens (tertiary/aromatic N) is 1. The second-order valence-electron chi connectivity index (χ2n) is 5.56. The van der Waals surface area contributed by atoms with E-state index in [2.05, 4.69) is 5.32 Å². The van der Waals surface area contributed by atoms with Crippen LogP contribution in [0.25, 0.3) is 0 Å². The van der Waals surface area contributed by atoms with E-state index in [4.69, 9.17) is 9.88 Å². The highest BCUT2D eigenvalue weighted by Gasteiger charge is 2.31. The van der Waals surface area contributed by atoms with Crippen molar-refractivity contribution in [3.63, 3.8) is 0 Å². The van der Waals surface area contributed by atoms with Crippen molar-refractivity contribution in [2.45, 2.75) is 43.7 Å². The van der Waals surface area contributed by atoms with Gasteiger partial charge in [-0.25, -0.2) is 13.6 Å². The first kappa shape index (κ1) is 16.0. The summed E-state index contributed by atoms with van der Waals surface area (Å²) in [5, 5.41) is 8.04. The second kappa shape index (κ2) is 5.78. The van der Waals surface area contributed by atoms with Crippen molar-refractivity contribution in [3.05, 3.63) is 18.0 Å². The maximum Gasteiger partial charge on any atom is 0.268 e. The molecule has 1 amide bonds. The monoisotopic (exact) mass is 315 g/mol. The lowest BCUT2D eigenvalue weighted by Gasteiger charge is -2.34. The summed E-state index contributed by atoms with van der Waals surface area (Å²) in [6.07, 6.45) is 3.09. The van der Waals surface area contributed by atoms with E-state index in [-0.39, 0.29) is 16.5 Å². The van der Waals surface area contributed by atoms with Crippen LogP contribution in [-0.2, 0) is 21.3 Å². The number of rotatable bonds is 4. The highest BCUT2D eigenvalue weighted by atomic mass is 32.2. The lowest BCUT2D eigenvalue weighted by atomic mass is 9.95. The molecule has 3 N–H and O–H groups in total. The minimum Gasteiger partial charge on any atom is -0.379 e. The molecule has 0 aromatic carbocycles. The summed E-state index contributed by atoms with van der Waals surface area (Å²) < 4.78 is 29.8. The highest BCUT2D eigenvalue weighted by Crippen LogP contribution is 2.20. The Labute approximate surface area is 124 Å². The summed E-state index contributed by atoms with van der Waals surface area (Å²) in [5.41, 5.74) is -0.145. The molecule has 1 atom stereocenters. The molecule has 0 aliphatic carbocycles. The summed E-state index contributed by atoms with van der Waals surface area (Å²) in [6, 6.07) is 1.31. The minimum absolute atomic E-state index is 0.0560. The van der Waals surface area contributed by atoms with Crippen LogP contribution >= 0.6 is 0 Å². The summed E-state index contributed by atoms with van der Waals surface area (Å²) in [7, 11) is -3.82. The van der Waals surface area contributed by atoms with Crippen LogP contribution in [-0.4, -0.2) is 37.6 Å². The Morgan fingerprint density at radius 3 is 2.81 bits per heavy atom. The predicted molar refractivity (Wildman–Crippen MR) is 77.4 cm³/mol. The molecule has 1 saturated heterocycles. The zero-order chi connectivity index (χ0) is 15.7. The first-order valence-electron chi connectivity index (χ1n) is 6.88.